The van der Waals surface area contributed by atoms with Gasteiger partial charge in [-0.25, -0.2) is 0 Å². The SMILES string of the molecule is C=C(CC)C(=C(C(C)CCC(C)=C(C(=C(C)C)C(C)C(C)C)C1CC=CCC1)C1CC=CCC1)C(C)C(CC(C)C(C)C)C(C)C. The van der Waals surface area contributed by atoms with E-state index in [1.807, 2.05) is 0 Å². The minimum absolute atomic E-state index is 0.544. The zero-order chi connectivity index (χ0) is 34.7. The molecule has 0 spiro atoms. The minimum Gasteiger partial charge on any atom is -0.0956 e. The Balaban J connectivity index is 2.66. The molecule has 0 aromatic carbocycles. The lowest BCUT2D eigenvalue weighted by Crippen LogP contribution is -2.27. The summed E-state index contributed by atoms with van der Waals surface area (Å²) in [6.45, 7) is 39.1. The molecule has 0 fully saturated rings. The number of allylic oxidation sites excluding steroid dienone is 11. The fourth-order valence-corrected chi connectivity index (χ4v) is 8.79. The molecule has 2 aliphatic rings. The molecule has 0 aromatic rings. The van der Waals surface area contributed by atoms with Gasteiger partial charge in [-0.1, -0.05) is 129 Å². The largest absolute Gasteiger partial charge is 0.0956 e. The van der Waals surface area contributed by atoms with Crippen LogP contribution in [0, 0.1) is 59.2 Å². The summed E-state index contributed by atoms with van der Waals surface area (Å²) in [7, 11) is 0. The summed E-state index contributed by atoms with van der Waals surface area (Å²) in [6, 6.07) is 0. The van der Waals surface area contributed by atoms with Crippen LogP contribution in [0.2, 0.25) is 0 Å². The van der Waals surface area contributed by atoms with E-state index in [-0.39, 0.29) is 0 Å². The first kappa shape index (κ1) is 40.6. The van der Waals surface area contributed by atoms with Crippen LogP contribution in [0.25, 0.3) is 0 Å². The maximum absolute atomic E-state index is 4.81. The van der Waals surface area contributed by atoms with E-state index in [2.05, 4.69) is 121 Å². The molecule has 7 unspecified atom stereocenters. The van der Waals surface area contributed by atoms with Crippen molar-refractivity contribution in [1.82, 2.24) is 0 Å². The van der Waals surface area contributed by atoms with Gasteiger partial charge in [0, 0.05) is 0 Å². The summed E-state index contributed by atoms with van der Waals surface area (Å²) in [5, 5.41) is 0. The lowest BCUT2D eigenvalue weighted by atomic mass is 9.67. The monoisotopic (exact) mass is 631 g/mol. The summed E-state index contributed by atoms with van der Waals surface area (Å²) >= 11 is 0. The highest BCUT2D eigenvalue weighted by Gasteiger charge is 2.33. The van der Waals surface area contributed by atoms with Gasteiger partial charge in [0.05, 0.1) is 0 Å². The van der Waals surface area contributed by atoms with Gasteiger partial charge in [0.15, 0.2) is 0 Å². The van der Waals surface area contributed by atoms with Crippen molar-refractivity contribution in [1.29, 1.82) is 0 Å². The summed E-state index contributed by atoms with van der Waals surface area (Å²) in [4.78, 5) is 0. The Kier molecular flexibility index (Phi) is 17.2. The lowest BCUT2D eigenvalue weighted by molar-refractivity contribution is 0.217. The average Bonchev–Trinajstić information content (AvgIpc) is 3.02. The molecular formula is C46H78. The van der Waals surface area contributed by atoms with E-state index in [0.29, 0.717) is 47.3 Å². The van der Waals surface area contributed by atoms with Crippen molar-refractivity contribution in [3.63, 3.8) is 0 Å². The second kappa shape index (κ2) is 19.4. The third kappa shape index (κ3) is 11.0. The Labute approximate surface area is 289 Å². The molecular weight excluding hydrogens is 553 g/mol. The lowest BCUT2D eigenvalue weighted by Gasteiger charge is -2.38. The van der Waals surface area contributed by atoms with E-state index in [1.54, 1.807) is 27.9 Å². The molecule has 0 aromatic heterocycles. The average molecular weight is 631 g/mol. The Bertz CT molecular complexity index is 1110. The van der Waals surface area contributed by atoms with Gasteiger partial charge in [-0.15, -0.1) is 0 Å². The van der Waals surface area contributed by atoms with Crippen LogP contribution < -0.4 is 0 Å². The Morgan fingerprint density at radius 3 is 1.70 bits per heavy atom. The van der Waals surface area contributed by atoms with Gasteiger partial charge in [0.2, 0.25) is 0 Å². The fourth-order valence-electron chi connectivity index (χ4n) is 8.79. The topological polar surface area (TPSA) is 0 Å². The summed E-state index contributed by atoms with van der Waals surface area (Å²) < 4.78 is 0. The van der Waals surface area contributed by atoms with Gasteiger partial charge in [-0.2, -0.15) is 0 Å². The van der Waals surface area contributed by atoms with E-state index in [9.17, 15) is 0 Å². The molecule has 262 valence electrons. The first-order chi connectivity index (χ1) is 21.6. The van der Waals surface area contributed by atoms with E-state index in [4.69, 9.17) is 6.58 Å². The molecule has 0 radical (unpaired) electrons. The van der Waals surface area contributed by atoms with Crippen LogP contribution in [0.1, 0.15) is 161 Å². The predicted molar refractivity (Wildman–Crippen MR) is 209 cm³/mol. The third-order valence-corrected chi connectivity index (χ3v) is 12.5. The molecule has 2 rings (SSSR count). The summed E-state index contributed by atoms with van der Waals surface area (Å²) in [6.07, 6.45) is 22.0. The zero-order valence-electron chi connectivity index (χ0n) is 33.4. The van der Waals surface area contributed by atoms with Crippen molar-refractivity contribution in [3.05, 3.63) is 69.9 Å². The Hall–Kier alpha value is -1.56. The van der Waals surface area contributed by atoms with Gasteiger partial charge in [-0.3, -0.25) is 0 Å². The van der Waals surface area contributed by atoms with E-state index < -0.39 is 0 Å². The van der Waals surface area contributed by atoms with Crippen molar-refractivity contribution < 1.29 is 0 Å². The van der Waals surface area contributed by atoms with E-state index >= 15 is 0 Å². The Morgan fingerprint density at radius 2 is 1.26 bits per heavy atom. The molecule has 0 saturated heterocycles. The number of rotatable bonds is 17. The van der Waals surface area contributed by atoms with Crippen LogP contribution in [0.3, 0.4) is 0 Å². The second-order valence-electron chi connectivity index (χ2n) is 17.0. The standard InChI is InChI=1S/C46H78/c1-16-34(10)44(39(15)42(32(6)7)29-37(13)30(2)3)46(41-25-21-18-22-26-41)36(12)28-27-35(11)45(40-23-19-17-20-24-40)43(33(8)9)38(14)31(4)5/h17-19,21,30-32,36-42H,10,16,20,22-29H2,1-9,11-15H3. The van der Waals surface area contributed by atoms with E-state index in [0.717, 1.165) is 18.3 Å². The van der Waals surface area contributed by atoms with Crippen LogP contribution >= 0.6 is 0 Å². The van der Waals surface area contributed by atoms with Crippen LogP contribution in [-0.2, 0) is 0 Å². The maximum Gasteiger partial charge on any atom is -0.0122 e. The molecule has 0 heteroatoms. The summed E-state index contributed by atoms with van der Waals surface area (Å²) in [5.74, 6) is 6.47. The highest BCUT2D eigenvalue weighted by atomic mass is 14.4. The van der Waals surface area contributed by atoms with Crippen LogP contribution in [0.15, 0.2) is 69.9 Å². The molecule has 0 N–H and O–H groups in total. The molecule has 0 aliphatic heterocycles. The van der Waals surface area contributed by atoms with Crippen LogP contribution in [-0.4, -0.2) is 0 Å². The smallest absolute Gasteiger partial charge is 0.0122 e. The van der Waals surface area contributed by atoms with Gasteiger partial charge >= 0.3 is 0 Å². The third-order valence-electron chi connectivity index (χ3n) is 12.5. The predicted octanol–water partition coefficient (Wildman–Crippen LogP) is 14.9. The summed E-state index contributed by atoms with van der Waals surface area (Å²) in [5.41, 5.74) is 11.4. The van der Waals surface area contributed by atoms with Crippen molar-refractivity contribution in [2.75, 3.05) is 0 Å². The molecule has 46 heavy (non-hydrogen) atoms. The van der Waals surface area contributed by atoms with Gasteiger partial charge in [0.25, 0.3) is 0 Å². The minimum atomic E-state index is 0.544. The molecule has 0 saturated carbocycles. The normalized spacial score (nSPS) is 23.2. The van der Waals surface area contributed by atoms with Crippen molar-refractivity contribution >= 4 is 0 Å². The molecule has 7 atom stereocenters. The highest BCUT2D eigenvalue weighted by molar-refractivity contribution is 5.42. The van der Waals surface area contributed by atoms with E-state index in [1.165, 1.54) is 68.9 Å². The van der Waals surface area contributed by atoms with Crippen LogP contribution in [0.4, 0.5) is 0 Å². The van der Waals surface area contributed by atoms with Gasteiger partial charge in [0.1, 0.15) is 0 Å². The second-order valence-corrected chi connectivity index (χ2v) is 17.0. The molecule has 2 aliphatic carbocycles. The zero-order valence-corrected chi connectivity index (χ0v) is 33.4. The quantitative estimate of drug-likeness (QED) is 0.111. The molecule has 0 nitrogen and oxygen atoms in total. The van der Waals surface area contributed by atoms with Crippen molar-refractivity contribution in [3.8, 4) is 0 Å². The highest BCUT2D eigenvalue weighted by Crippen LogP contribution is 2.46. The first-order valence-electron chi connectivity index (χ1n) is 19.7. The van der Waals surface area contributed by atoms with Gasteiger partial charge < -0.3 is 0 Å². The van der Waals surface area contributed by atoms with Gasteiger partial charge in [-0.05, 0) is 161 Å². The Morgan fingerprint density at radius 1 is 0.696 bits per heavy atom. The number of hydrogen-bond acceptors (Lipinski definition) is 0. The maximum atomic E-state index is 4.81. The van der Waals surface area contributed by atoms with Crippen LogP contribution in [0.5, 0.6) is 0 Å². The fraction of sp³-hybridized carbons (Fsp3) is 0.739. The molecule has 0 bridgehead atoms. The molecule has 0 heterocycles. The molecule has 0 amide bonds. The first-order valence-corrected chi connectivity index (χ1v) is 19.7. The number of hydrogen-bond donors (Lipinski definition) is 0. The van der Waals surface area contributed by atoms with Crippen molar-refractivity contribution in [2.24, 2.45) is 59.2 Å². The van der Waals surface area contributed by atoms with Crippen molar-refractivity contribution in [2.45, 2.75) is 161 Å².